The van der Waals surface area contributed by atoms with E-state index in [1.165, 1.54) is 13.2 Å². The molecule has 1 unspecified atom stereocenters. The zero-order valence-electron chi connectivity index (χ0n) is 14.5. The van der Waals surface area contributed by atoms with Crippen LogP contribution in [0.2, 0.25) is 0 Å². The lowest BCUT2D eigenvalue weighted by Gasteiger charge is -2.10. The SMILES string of the molecule is COC(=O)/C(=C\CCCC(O)CN=[N+]=[N-])NC(=O)OCc1ccccc1. The van der Waals surface area contributed by atoms with Gasteiger partial charge in [-0.25, -0.2) is 9.59 Å². The Balaban J connectivity index is 2.48. The van der Waals surface area contributed by atoms with E-state index in [0.29, 0.717) is 19.3 Å². The zero-order valence-corrected chi connectivity index (χ0v) is 14.5. The second kappa shape index (κ2) is 12.3. The van der Waals surface area contributed by atoms with Gasteiger partial charge in [0.1, 0.15) is 12.3 Å². The van der Waals surface area contributed by atoms with Gasteiger partial charge in [-0.05, 0) is 30.4 Å². The Bertz CT molecular complexity index is 656. The van der Waals surface area contributed by atoms with Gasteiger partial charge in [0, 0.05) is 4.91 Å². The van der Waals surface area contributed by atoms with Crippen molar-refractivity contribution in [2.75, 3.05) is 13.7 Å². The van der Waals surface area contributed by atoms with Gasteiger partial charge in [0.2, 0.25) is 0 Å². The molecule has 0 saturated carbocycles. The topological polar surface area (TPSA) is 134 Å². The number of benzene rings is 1. The Hall–Kier alpha value is -3.03. The first-order chi connectivity index (χ1) is 12.6. The van der Waals surface area contributed by atoms with Gasteiger partial charge >= 0.3 is 12.1 Å². The van der Waals surface area contributed by atoms with Crippen LogP contribution in [0, 0.1) is 0 Å². The summed E-state index contributed by atoms with van der Waals surface area (Å²) in [7, 11) is 1.21. The van der Waals surface area contributed by atoms with Crippen LogP contribution in [-0.4, -0.2) is 36.9 Å². The lowest BCUT2D eigenvalue weighted by atomic mass is 10.1. The fraction of sp³-hybridized carbons (Fsp3) is 0.412. The van der Waals surface area contributed by atoms with Crippen molar-refractivity contribution in [2.45, 2.75) is 32.0 Å². The number of allylic oxidation sites excluding steroid dienone is 1. The molecule has 9 nitrogen and oxygen atoms in total. The number of ether oxygens (including phenoxy) is 2. The highest BCUT2D eigenvalue weighted by molar-refractivity contribution is 5.92. The monoisotopic (exact) mass is 362 g/mol. The van der Waals surface area contributed by atoms with Crippen LogP contribution in [0.4, 0.5) is 4.79 Å². The number of carbonyl (C=O) groups excluding carboxylic acids is 2. The predicted molar refractivity (Wildman–Crippen MR) is 93.7 cm³/mol. The van der Waals surface area contributed by atoms with Gasteiger partial charge in [0.25, 0.3) is 0 Å². The van der Waals surface area contributed by atoms with Gasteiger partial charge < -0.3 is 14.6 Å². The average Bonchev–Trinajstić information content (AvgIpc) is 2.67. The minimum absolute atomic E-state index is 0.00582. The maximum absolute atomic E-state index is 11.8. The van der Waals surface area contributed by atoms with Crippen molar-refractivity contribution in [3.05, 3.63) is 58.1 Å². The molecule has 9 heteroatoms. The number of esters is 1. The molecule has 0 bridgehead atoms. The second-order valence-corrected chi connectivity index (χ2v) is 5.29. The van der Waals surface area contributed by atoms with Gasteiger partial charge in [-0.2, -0.15) is 0 Å². The number of carbonyl (C=O) groups is 2. The zero-order chi connectivity index (χ0) is 19.2. The maximum atomic E-state index is 11.8. The number of nitrogens with one attached hydrogen (secondary N) is 1. The smallest absolute Gasteiger partial charge is 0.412 e. The first-order valence-corrected chi connectivity index (χ1v) is 8.02. The van der Waals surface area contributed by atoms with Crippen LogP contribution in [0.15, 0.2) is 47.2 Å². The molecule has 0 radical (unpaired) electrons. The van der Waals surface area contributed by atoms with Gasteiger partial charge in [0.05, 0.1) is 19.8 Å². The Morgan fingerprint density at radius 1 is 1.38 bits per heavy atom. The van der Waals surface area contributed by atoms with Gasteiger partial charge in [-0.3, -0.25) is 5.32 Å². The van der Waals surface area contributed by atoms with Crippen molar-refractivity contribution >= 4 is 12.1 Å². The molecule has 1 amide bonds. The third-order valence-corrected chi connectivity index (χ3v) is 3.30. The fourth-order valence-corrected chi connectivity index (χ4v) is 1.99. The van der Waals surface area contributed by atoms with Gasteiger partial charge in [-0.15, -0.1) is 0 Å². The summed E-state index contributed by atoms with van der Waals surface area (Å²) in [5.74, 6) is -0.698. The van der Waals surface area contributed by atoms with Gasteiger partial charge in [-0.1, -0.05) is 41.5 Å². The Morgan fingerprint density at radius 3 is 2.77 bits per heavy atom. The number of unbranched alkanes of at least 4 members (excludes halogenated alkanes) is 1. The summed E-state index contributed by atoms with van der Waals surface area (Å²) in [4.78, 5) is 26.1. The number of hydrogen-bond acceptors (Lipinski definition) is 6. The van der Waals surface area contributed by atoms with Crippen molar-refractivity contribution < 1.29 is 24.2 Å². The van der Waals surface area contributed by atoms with E-state index in [0.717, 1.165) is 5.56 Å². The highest BCUT2D eigenvalue weighted by atomic mass is 16.6. The van der Waals surface area contributed by atoms with Crippen LogP contribution in [0.3, 0.4) is 0 Å². The molecule has 1 atom stereocenters. The number of aliphatic hydroxyl groups is 1. The lowest BCUT2D eigenvalue weighted by Crippen LogP contribution is -2.28. The minimum Gasteiger partial charge on any atom is -0.464 e. The van der Waals surface area contributed by atoms with Crippen LogP contribution in [0.25, 0.3) is 10.4 Å². The van der Waals surface area contributed by atoms with Crippen LogP contribution >= 0.6 is 0 Å². The van der Waals surface area contributed by atoms with E-state index >= 15 is 0 Å². The number of nitrogens with zero attached hydrogens (tertiary/aromatic N) is 3. The van der Waals surface area contributed by atoms with E-state index in [9.17, 15) is 14.7 Å². The van der Waals surface area contributed by atoms with E-state index in [1.54, 1.807) is 0 Å². The summed E-state index contributed by atoms with van der Waals surface area (Å²) in [5, 5.41) is 15.2. The standard InChI is InChI=1S/C17H22N4O5/c1-25-16(23)15(10-6-5-9-14(22)11-19-21-18)20-17(24)26-12-13-7-3-2-4-8-13/h2-4,7-8,10,14,22H,5-6,9,11-12H2,1H3,(H,20,24)/b15-10+. The van der Waals surface area contributed by atoms with Crippen LogP contribution in [-0.2, 0) is 20.9 Å². The molecule has 0 fully saturated rings. The molecular formula is C17H22N4O5. The second-order valence-electron chi connectivity index (χ2n) is 5.29. The Labute approximate surface area is 151 Å². The average molecular weight is 362 g/mol. The Morgan fingerprint density at radius 2 is 2.12 bits per heavy atom. The molecular weight excluding hydrogens is 340 g/mol. The third kappa shape index (κ3) is 8.72. The number of aliphatic hydroxyl groups excluding tert-OH is 1. The molecule has 140 valence electrons. The summed E-state index contributed by atoms with van der Waals surface area (Å²) >= 11 is 0. The molecule has 0 spiro atoms. The summed E-state index contributed by atoms with van der Waals surface area (Å²) in [6, 6.07) is 9.13. The predicted octanol–water partition coefficient (Wildman–Crippen LogP) is 2.81. The molecule has 0 aliphatic heterocycles. The number of azide groups is 1. The molecule has 0 heterocycles. The Kier molecular flexibility index (Phi) is 9.98. The molecule has 1 rings (SSSR count). The summed E-state index contributed by atoms with van der Waals surface area (Å²) < 4.78 is 9.68. The molecule has 0 aliphatic rings. The number of amides is 1. The van der Waals surface area contributed by atoms with Crippen molar-refractivity contribution in [3.63, 3.8) is 0 Å². The van der Waals surface area contributed by atoms with Crippen molar-refractivity contribution in [1.29, 1.82) is 0 Å². The van der Waals surface area contributed by atoms with E-state index < -0.39 is 18.2 Å². The first-order valence-electron chi connectivity index (χ1n) is 8.02. The molecule has 26 heavy (non-hydrogen) atoms. The number of hydrogen-bond donors (Lipinski definition) is 2. The quantitative estimate of drug-likeness (QED) is 0.165. The van der Waals surface area contributed by atoms with Crippen LogP contribution in [0.5, 0.6) is 0 Å². The van der Waals surface area contributed by atoms with Crippen molar-refractivity contribution in [3.8, 4) is 0 Å². The lowest BCUT2D eigenvalue weighted by molar-refractivity contribution is -0.136. The van der Waals surface area contributed by atoms with Crippen molar-refractivity contribution in [1.82, 2.24) is 5.32 Å². The maximum Gasteiger partial charge on any atom is 0.412 e. The number of rotatable bonds is 10. The molecule has 1 aromatic rings. The van der Waals surface area contributed by atoms with E-state index in [1.807, 2.05) is 30.3 Å². The number of alkyl carbamates (subject to hydrolysis) is 1. The minimum atomic E-state index is -0.770. The van der Waals surface area contributed by atoms with E-state index in [2.05, 4.69) is 20.1 Å². The van der Waals surface area contributed by atoms with Crippen LogP contribution < -0.4 is 5.32 Å². The molecule has 0 aliphatic carbocycles. The normalized spacial score (nSPS) is 11.8. The summed E-state index contributed by atoms with van der Waals surface area (Å²) in [5.41, 5.74) is 8.97. The first kappa shape index (κ1) is 21.0. The molecule has 0 saturated heterocycles. The summed E-state index contributed by atoms with van der Waals surface area (Å²) in [6.07, 6.45) is 1.32. The van der Waals surface area contributed by atoms with E-state index in [-0.39, 0.29) is 18.8 Å². The highest BCUT2D eigenvalue weighted by Gasteiger charge is 2.14. The third-order valence-electron chi connectivity index (χ3n) is 3.30. The van der Waals surface area contributed by atoms with Gasteiger partial charge in [0.15, 0.2) is 0 Å². The highest BCUT2D eigenvalue weighted by Crippen LogP contribution is 2.06. The summed E-state index contributed by atoms with van der Waals surface area (Å²) in [6.45, 7) is 0.0703. The largest absolute Gasteiger partial charge is 0.464 e. The molecule has 2 N–H and O–H groups in total. The van der Waals surface area contributed by atoms with E-state index in [4.69, 9.17) is 10.3 Å². The fourth-order valence-electron chi connectivity index (χ4n) is 1.99. The number of methoxy groups -OCH3 is 1. The molecule has 1 aromatic carbocycles. The van der Waals surface area contributed by atoms with Crippen LogP contribution in [0.1, 0.15) is 24.8 Å². The molecule has 0 aromatic heterocycles. The van der Waals surface area contributed by atoms with Crippen molar-refractivity contribution in [2.24, 2.45) is 5.11 Å².